The average Bonchev–Trinajstić information content (AvgIpc) is 3.19. The molecule has 2 aromatic rings. The fourth-order valence-electron chi connectivity index (χ4n) is 6.67. The number of phenolic OH excluding ortho intramolecular Hbond substituents is 1. The number of nitrogens with zero attached hydrogens (tertiary/aromatic N) is 2. The van der Waals surface area contributed by atoms with Crippen molar-refractivity contribution in [2.75, 3.05) is 11.9 Å². The predicted octanol–water partition coefficient (Wildman–Crippen LogP) is 4.24. The van der Waals surface area contributed by atoms with Crippen LogP contribution in [-0.4, -0.2) is 50.4 Å². The van der Waals surface area contributed by atoms with Gasteiger partial charge in [-0.3, -0.25) is 29.0 Å². The van der Waals surface area contributed by atoms with Gasteiger partial charge in [0.2, 0.25) is 11.8 Å². The Kier molecular flexibility index (Phi) is 5.33. The lowest BCUT2D eigenvalue weighted by Gasteiger charge is -2.50. The molecule has 6 rings (SSSR count). The van der Waals surface area contributed by atoms with Gasteiger partial charge in [0.25, 0.3) is 11.8 Å². The first-order valence-electron chi connectivity index (χ1n) is 11.8. The SMILES string of the molecule is CN1C(=O)[C@]2(Cl)C[C@@H]3C(=CC[C@@H]4C(=O)N(c5ccc(Cl)cc5)C(=O)[C@@H]43)[C@H](c3cccc(O)c3)[C@]2(Cl)C1=O. The predicted molar refractivity (Wildman–Crippen MR) is 138 cm³/mol. The van der Waals surface area contributed by atoms with E-state index in [9.17, 15) is 24.3 Å². The number of imide groups is 2. The van der Waals surface area contributed by atoms with Crippen LogP contribution in [0.4, 0.5) is 5.69 Å². The van der Waals surface area contributed by atoms with E-state index in [2.05, 4.69) is 0 Å². The normalized spacial score (nSPS) is 34.9. The molecule has 2 heterocycles. The van der Waals surface area contributed by atoms with Crippen LogP contribution in [0.5, 0.6) is 5.75 Å². The molecule has 10 heteroatoms. The second-order valence-corrected chi connectivity index (χ2v) is 11.8. The lowest BCUT2D eigenvalue weighted by atomic mass is 9.56. The Hall–Kier alpha value is -2.87. The minimum Gasteiger partial charge on any atom is -0.508 e. The van der Waals surface area contributed by atoms with Crippen molar-refractivity contribution in [3.8, 4) is 5.75 Å². The molecule has 37 heavy (non-hydrogen) atoms. The maximum Gasteiger partial charge on any atom is 0.253 e. The Morgan fingerprint density at radius 1 is 0.946 bits per heavy atom. The minimum atomic E-state index is -1.87. The van der Waals surface area contributed by atoms with Crippen LogP contribution in [0.2, 0.25) is 5.02 Å². The summed E-state index contributed by atoms with van der Waals surface area (Å²) in [7, 11) is 1.34. The number of amides is 4. The average molecular weight is 560 g/mol. The van der Waals surface area contributed by atoms with Gasteiger partial charge >= 0.3 is 0 Å². The maximum absolute atomic E-state index is 13.8. The van der Waals surface area contributed by atoms with Gasteiger partial charge in [0.15, 0.2) is 9.75 Å². The Morgan fingerprint density at radius 3 is 2.32 bits per heavy atom. The van der Waals surface area contributed by atoms with E-state index in [4.69, 9.17) is 34.8 Å². The van der Waals surface area contributed by atoms with Gasteiger partial charge < -0.3 is 5.11 Å². The summed E-state index contributed by atoms with van der Waals surface area (Å²) in [5, 5.41) is 10.7. The van der Waals surface area contributed by atoms with Gasteiger partial charge in [-0.2, -0.15) is 0 Å². The number of aromatic hydroxyl groups is 1. The molecule has 0 aromatic heterocycles. The number of likely N-dealkylation sites (tertiary alicyclic amines) is 1. The third kappa shape index (κ3) is 3.08. The lowest BCUT2D eigenvalue weighted by molar-refractivity contribution is -0.138. The van der Waals surface area contributed by atoms with Crippen molar-refractivity contribution < 1.29 is 24.3 Å². The van der Waals surface area contributed by atoms with E-state index >= 15 is 0 Å². The van der Waals surface area contributed by atoms with Crippen LogP contribution in [0.3, 0.4) is 0 Å². The van der Waals surface area contributed by atoms with E-state index in [0.29, 0.717) is 21.8 Å². The van der Waals surface area contributed by atoms with Crippen LogP contribution in [-0.2, 0) is 19.2 Å². The van der Waals surface area contributed by atoms with Crippen molar-refractivity contribution in [2.45, 2.75) is 28.5 Å². The number of benzene rings is 2. The number of carbonyl (C=O) groups is 4. The van der Waals surface area contributed by atoms with Gasteiger partial charge in [-0.05, 0) is 60.7 Å². The zero-order valence-corrected chi connectivity index (χ0v) is 21.8. The van der Waals surface area contributed by atoms with Crippen LogP contribution in [0.25, 0.3) is 0 Å². The lowest BCUT2D eigenvalue weighted by Crippen LogP contribution is -2.60. The molecule has 4 aliphatic rings. The Bertz CT molecular complexity index is 1430. The highest BCUT2D eigenvalue weighted by atomic mass is 35.5. The summed E-state index contributed by atoms with van der Waals surface area (Å²) < 4.78 is 0. The van der Waals surface area contributed by atoms with Crippen LogP contribution >= 0.6 is 34.8 Å². The summed E-state index contributed by atoms with van der Waals surface area (Å²) in [5.74, 6) is -5.00. The quantitative estimate of drug-likeness (QED) is 0.337. The van der Waals surface area contributed by atoms with E-state index in [1.54, 1.807) is 36.4 Å². The highest BCUT2D eigenvalue weighted by Gasteiger charge is 2.75. The molecule has 0 unspecified atom stereocenters. The van der Waals surface area contributed by atoms with E-state index in [1.165, 1.54) is 24.1 Å². The van der Waals surface area contributed by atoms with Crippen LogP contribution < -0.4 is 4.90 Å². The van der Waals surface area contributed by atoms with Gasteiger partial charge in [-0.1, -0.05) is 35.4 Å². The summed E-state index contributed by atoms with van der Waals surface area (Å²) in [6.45, 7) is 0. The molecule has 2 aliphatic carbocycles. The zero-order valence-electron chi connectivity index (χ0n) is 19.5. The molecular weight excluding hydrogens is 539 g/mol. The van der Waals surface area contributed by atoms with Crippen LogP contribution in [0.15, 0.2) is 60.2 Å². The molecule has 4 amide bonds. The second-order valence-electron chi connectivity index (χ2n) is 10.1. The molecule has 2 saturated heterocycles. The Morgan fingerprint density at radius 2 is 1.65 bits per heavy atom. The summed E-state index contributed by atoms with van der Waals surface area (Å²) in [6, 6.07) is 12.7. The summed E-state index contributed by atoms with van der Waals surface area (Å²) in [6.07, 6.45) is 2.04. The van der Waals surface area contributed by atoms with Crippen molar-refractivity contribution >= 4 is 64.1 Å². The topological polar surface area (TPSA) is 95.0 Å². The molecule has 2 aromatic carbocycles. The van der Waals surface area contributed by atoms with Crippen LogP contribution in [0.1, 0.15) is 24.3 Å². The number of anilines is 1. The molecular formula is C27H21Cl3N2O5. The van der Waals surface area contributed by atoms with Crippen molar-refractivity contribution in [1.29, 1.82) is 0 Å². The summed E-state index contributed by atoms with van der Waals surface area (Å²) >= 11 is 20.2. The van der Waals surface area contributed by atoms with Gasteiger partial charge in [0.05, 0.1) is 17.5 Å². The Balaban J connectivity index is 1.51. The molecule has 3 fully saturated rings. The molecule has 190 valence electrons. The number of hydrogen-bond donors (Lipinski definition) is 1. The summed E-state index contributed by atoms with van der Waals surface area (Å²) in [5.41, 5.74) is 1.58. The number of carbonyl (C=O) groups excluding carboxylic acids is 4. The molecule has 6 atom stereocenters. The van der Waals surface area contributed by atoms with Crippen molar-refractivity contribution in [2.24, 2.45) is 17.8 Å². The number of phenols is 1. The summed E-state index contributed by atoms with van der Waals surface area (Å²) in [4.78, 5) is 52.6. The van der Waals surface area contributed by atoms with E-state index in [1.807, 2.05) is 6.08 Å². The number of hydrogen-bond acceptors (Lipinski definition) is 5. The molecule has 0 bridgehead atoms. The van der Waals surface area contributed by atoms with Gasteiger partial charge in [-0.15, -0.1) is 23.2 Å². The van der Waals surface area contributed by atoms with Gasteiger partial charge in [0, 0.05) is 18.0 Å². The third-order valence-electron chi connectivity index (χ3n) is 8.30. The fraction of sp³-hybridized carbons (Fsp3) is 0.333. The Labute approximate surface area is 227 Å². The molecule has 0 radical (unpaired) electrons. The number of fused-ring (bicyclic) bond motifs is 4. The molecule has 2 aliphatic heterocycles. The highest BCUT2D eigenvalue weighted by molar-refractivity contribution is 6.53. The number of rotatable bonds is 2. The molecule has 1 saturated carbocycles. The highest BCUT2D eigenvalue weighted by Crippen LogP contribution is 2.65. The number of alkyl halides is 2. The van der Waals surface area contributed by atoms with Crippen LogP contribution in [0, 0.1) is 17.8 Å². The number of allylic oxidation sites excluding steroid dienone is 2. The first-order chi connectivity index (χ1) is 17.5. The standard InChI is InChI=1S/C27H21Cl3N2O5/c1-31-24(36)26(29)12-19-17(21(27(26,30)25(31)37)13-3-2-4-16(33)11-13)9-10-18-20(19)23(35)32(22(18)34)15-7-5-14(28)6-8-15/h2-9,11,18-21,33H,10,12H2,1H3/t18-,19+,20-,21-,26+,27-/m0/s1. The molecule has 7 nitrogen and oxygen atoms in total. The molecule has 1 N–H and O–H groups in total. The maximum atomic E-state index is 13.8. The van der Waals surface area contributed by atoms with Crippen molar-refractivity contribution in [1.82, 2.24) is 4.90 Å². The van der Waals surface area contributed by atoms with E-state index in [0.717, 1.165) is 4.90 Å². The number of halogens is 3. The minimum absolute atomic E-state index is 0.0412. The van der Waals surface area contributed by atoms with E-state index in [-0.39, 0.29) is 24.5 Å². The second kappa shape index (κ2) is 8.06. The van der Waals surface area contributed by atoms with Gasteiger partial charge in [-0.25, -0.2) is 0 Å². The monoisotopic (exact) mass is 558 g/mol. The zero-order chi connectivity index (χ0) is 26.4. The first-order valence-corrected chi connectivity index (χ1v) is 13.0. The largest absolute Gasteiger partial charge is 0.508 e. The smallest absolute Gasteiger partial charge is 0.253 e. The third-order valence-corrected chi connectivity index (χ3v) is 9.97. The van der Waals surface area contributed by atoms with Gasteiger partial charge in [0.1, 0.15) is 5.75 Å². The van der Waals surface area contributed by atoms with Crippen molar-refractivity contribution in [3.63, 3.8) is 0 Å². The molecule has 0 spiro atoms. The first kappa shape index (κ1) is 24.5. The fourth-order valence-corrected chi connectivity index (χ4v) is 7.81. The van der Waals surface area contributed by atoms with Crippen molar-refractivity contribution in [3.05, 3.63) is 70.8 Å². The van der Waals surface area contributed by atoms with E-state index < -0.39 is 51.1 Å².